The first-order chi connectivity index (χ1) is 15.0. The molecule has 4 aliphatic rings. The minimum Gasteiger partial charge on any atom is -0.461 e. The van der Waals surface area contributed by atoms with Gasteiger partial charge >= 0.3 is 39.5 Å². The Morgan fingerprint density at radius 2 is 1.48 bits per heavy atom. The van der Waals surface area contributed by atoms with E-state index in [2.05, 4.69) is 14.2 Å². The third-order valence-corrected chi connectivity index (χ3v) is 7.12. The molecular formula is C18H23F5O9S. The molecule has 0 aromatic carbocycles. The Morgan fingerprint density at radius 3 is 1.88 bits per heavy atom. The molecule has 4 bridgehead atoms. The predicted molar refractivity (Wildman–Crippen MR) is 96.3 cm³/mol. The zero-order valence-electron chi connectivity index (χ0n) is 17.4. The third-order valence-electron chi connectivity index (χ3n) is 6.25. The molecule has 0 spiro atoms. The van der Waals surface area contributed by atoms with E-state index in [-0.39, 0.29) is 17.8 Å². The normalized spacial score (nSPS) is 31.1. The largest absolute Gasteiger partial charge is 0.512 e. The highest BCUT2D eigenvalue weighted by molar-refractivity contribution is 7.86. The van der Waals surface area contributed by atoms with Crippen LogP contribution in [0.25, 0.3) is 0 Å². The van der Waals surface area contributed by atoms with Gasteiger partial charge in [0.25, 0.3) is 0 Å². The zero-order valence-corrected chi connectivity index (χ0v) is 18.2. The maximum atomic E-state index is 13.9. The van der Waals surface area contributed by atoms with E-state index in [9.17, 15) is 40.0 Å². The fourth-order valence-electron chi connectivity index (χ4n) is 5.34. The fraction of sp³-hybridized carbons (Fsp3) is 0.889. The first kappa shape index (κ1) is 25.9. The molecule has 4 aliphatic carbocycles. The van der Waals surface area contributed by atoms with Crippen molar-refractivity contribution >= 4 is 22.2 Å². The van der Waals surface area contributed by atoms with Crippen LogP contribution in [-0.4, -0.2) is 61.1 Å². The quantitative estimate of drug-likeness (QED) is 0.226. The van der Waals surface area contributed by atoms with Gasteiger partial charge < -0.3 is 18.9 Å². The molecule has 1 N–H and O–H groups in total. The van der Waals surface area contributed by atoms with Crippen molar-refractivity contribution in [3.8, 4) is 0 Å². The van der Waals surface area contributed by atoms with Gasteiger partial charge in [-0.25, -0.2) is 9.59 Å². The maximum Gasteiger partial charge on any atom is 0.512 e. The minimum atomic E-state index is -6.22. The van der Waals surface area contributed by atoms with E-state index < -0.39 is 58.3 Å². The molecule has 1 atom stereocenters. The lowest BCUT2D eigenvalue weighted by Crippen LogP contribution is -2.60. The van der Waals surface area contributed by atoms with Crippen LogP contribution in [0.5, 0.6) is 0 Å². The minimum absolute atomic E-state index is 0.214. The predicted octanol–water partition coefficient (Wildman–Crippen LogP) is 3.43. The highest BCUT2D eigenvalue weighted by Gasteiger charge is 2.70. The molecule has 190 valence electrons. The lowest BCUT2D eigenvalue weighted by molar-refractivity contribution is -0.361. The summed E-state index contributed by atoms with van der Waals surface area (Å²) in [5.41, 5.74) is -1.11. The summed E-state index contributed by atoms with van der Waals surface area (Å²) in [6.45, 7) is -2.28. The van der Waals surface area contributed by atoms with Crippen LogP contribution < -0.4 is 0 Å². The van der Waals surface area contributed by atoms with Gasteiger partial charge in [-0.1, -0.05) is 0 Å². The molecule has 0 radical (unpaired) electrons. The Kier molecular flexibility index (Phi) is 6.65. The van der Waals surface area contributed by atoms with Crippen molar-refractivity contribution < 1.29 is 63.5 Å². The van der Waals surface area contributed by atoms with E-state index in [4.69, 9.17) is 9.29 Å². The number of carbonyl (C=O) groups is 2. The summed E-state index contributed by atoms with van der Waals surface area (Å²) in [7, 11) is -6.22. The van der Waals surface area contributed by atoms with Crippen molar-refractivity contribution in [2.75, 3.05) is 13.2 Å². The Hall–Kier alpha value is -1.74. The Labute approximate surface area is 185 Å². The number of alkyl halides is 5. The van der Waals surface area contributed by atoms with Gasteiger partial charge in [0.2, 0.25) is 0 Å². The molecular weight excluding hydrogens is 487 g/mol. The van der Waals surface area contributed by atoms with Crippen LogP contribution in [0.3, 0.4) is 0 Å². The smallest absolute Gasteiger partial charge is 0.461 e. The van der Waals surface area contributed by atoms with E-state index >= 15 is 0 Å². The number of hydrogen-bond acceptors (Lipinski definition) is 8. The molecule has 4 rings (SSSR count). The second-order valence-corrected chi connectivity index (χ2v) is 10.3. The number of rotatable bonds is 8. The van der Waals surface area contributed by atoms with Crippen molar-refractivity contribution in [2.45, 2.75) is 68.3 Å². The molecule has 0 heterocycles. The second kappa shape index (κ2) is 8.48. The van der Waals surface area contributed by atoms with Crippen LogP contribution in [-0.2, 0) is 33.9 Å². The first-order valence-corrected chi connectivity index (χ1v) is 11.6. The van der Waals surface area contributed by atoms with Crippen molar-refractivity contribution in [2.24, 2.45) is 17.8 Å². The van der Waals surface area contributed by atoms with Gasteiger partial charge in [0, 0.05) is 0 Å². The molecule has 33 heavy (non-hydrogen) atoms. The molecule has 0 aromatic rings. The standard InChI is InChI=1S/C18H23F5O9S/c1-2-29-13(24)17(18(21,22)23,30-9-16(19,20)33(26,27)28)32-14(25)31-15-6-10-3-11(7-15)5-12(4-10)8-15/h10-12H,2-9H2,1H3,(H,26,27,28). The molecule has 1 unspecified atom stereocenters. The van der Waals surface area contributed by atoms with Gasteiger partial charge in [-0.3, -0.25) is 4.55 Å². The summed E-state index contributed by atoms with van der Waals surface area (Å²) >= 11 is 0. The van der Waals surface area contributed by atoms with Crippen LogP contribution in [0.4, 0.5) is 26.7 Å². The molecule has 4 saturated carbocycles. The number of esters is 1. The maximum absolute atomic E-state index is 13.9. The van der Waals surface area contributed by atoms with Crippen LogP contribution in [0, 0.1) is 17.8 Å². The number of ether oxygens (including phenoxy) is 4. The van der Waals surface area contributed by atoms with Crippen LogP contribution in [0.1, 0.15) is 45.4 Å². The van der Waals surface area contributed by atoms with Gasteiger partial charge in [0.15, 0.2) is 0 Å². The summed E-state index contributed by atoms with van der Waals surface area (Å²) in [5, 5.41) is -5.26. The summed E-state index contributed by atoms with van der Waals surface area (Å²) in [6, 6.07) is 0. The molecule has 0 saturated heterocycles. The Bertz CT molecular complexity index is 853. The first-order valence-electron chi connectivity index (χ1n) is 10.2. The van der Waals surface area contributed by atoms with Gasteiger partial charge in [0.05, 0.1) is 6.61 Å². The van der Waals surface area contributed by atoms with Gasteiger partial charge in [-0.15, -0.1) is 0 Å². The van der Waals surface area contributed by atoms with Crippen LogP contribution in [0.15, 0.2) is 0 Å². The lowest BCUT2D eigenvalue weighted by atomic mass is 9.54. The van der Waals surface area contributed by atoms with Crippen LogP contribution in [0.2, 0.25) is 0 Å². The van der Waals surface area contributed by atoms with Crippen molar-refractivity contribution in [1.29, 1.82) is 0 Å². The average molecular weight is 510 g/mol. The monoisotopic (exact) mass is 510 g/mol. The molecule has 0 aliphatic heterocycles. The highest BCUT2D eigenvalue weighted by atomic mass is 32.2. The van der Waals surface area contributed by atoms with Crippen LogP contribution >= 0.6 is 0 Å². The Balaban J connectivity index is 1.85. The summed E-state index contributed by atoms with van der Waals surface area (Å²) in [6.07, 6.45) is -4.12. The fourth-order valence-corrected chi connectivity index (χ4v) is 5.55. The molecule has 15 heteroatoms. The molecule has 4 fully saturated rings. The van der Waals surface area contributed by atoms with Gasteiger partial charge in [0.1, 0.15) is 12.2 Å². The molecule has 9 nitrogen and oxygen atoms in total. The number of carbonyl (C=O) groups excluding carboxylic acids is 2. The summed E-state index contributed by atoms with van der Waals surface area (Å²) in [4.78, 5) is 24.6. The Morgan fingerprint density at radius 1 is 1.00 bits per heavy atom. The number of halogens is 5. The van der Waals surface area contributed by atoms with Crippen molar-refractivity contribution in [1.82, 2.24) is 0 Å². The van der Waals surface area contributed by atoms with Gasteiger partial charge in [-0.05, 0) is 63.2 Å². The van der Waals surface area contributed by atoms with Crippen molar-refractivity contribution in [3.05, 3.63) is 0 Å². The SMILES string of the molecule is CCOC(=O)C(OCC(F)(F)S(=O)(=O)O)(OC(=O)OC12CC3CC(CC(C3)C1)C2)C(F)(F)F. The van der Waals surface area contributed by atoms with E-state index in [0.717, 1.165) is 26.2 Å². The number of hydrogen-bond donors (Lipinski definition) is 1. The molecule has 0 aromatic heterocycles. The summed E-state index contributed by atoms with van der Waals surface area (Å²) < 4.78 is 116. The van der Waals surface area contributed by atoms with E-state index in [1.807, 2.05) is 0 Å². The zero-order chi connectivity index (χ0) is 24.9. The van der Waals surface area contributed by atoms with E-state index in [1.165, 1.54) is 0 Å². The van der Waals surface area contributed by atoms with E-state index in [0.29, 0.717) is 19.3 Å². The topological polar surface area (TPSA) is 125 Å². The highest BCUT2D eigenvalue weighted by Crippen LogP contribution is 2.57. The second-order valence-electron chi connectivity index (χ2n) is 8.79. The third kappa shape index (κ3) is 5.04. The summed E-state index contributed by atoms with van der Waals surface area (Å²) in [5.74, 6) is -6.54. The molecule has 0 amide bonds. The van der Waals surface area contributed by atoms with E-state index in [1.54, 1.807) is 0 Å². The van der Waals surface area contributed by atoms with Gasteiger partial charge in [-0.2, -0.15) is 30.4 Å². The average Bonchev–Trinajstić information content (AvgIpc) is 2.61. The lowest BCUT2D eigenvalue weighted by Gasteiger charge is -2.55. The van der Waals surface area contributed by atoms with Crippen molar-refractivity contribution in [3.63, 3.8) is 0 Å².